The number of rotatable bonds is 7. The van der Waals surface area contributed by atoms with Crippen LogP contribution in [0.2, 0.25) is 0 Å². The summed E-state index contributed by atoms with van der Waals surface area (Å²) in [6.07, 6.45) is 3.18. The van der Waals surface area contributed by atoms with Gasteiger partial charge in [0.05, 0.1) is 28.3 Å². The Bertz CT molecular complexity index is 246. The molecule has 0 aromatic carbocycles. The summed E-state index contributed by atoms with van der Waals surface area (Å²) in [7, 11) is 9.22. The summed E-state index contributed by atoms with van der Waals surface area (Å²) in [4.78, 5) is 24.8. The second-order valence-corrected chi connectivity index (χ2v) is 3.10. The van der Waals surface area contributed by atoms with E-state index in [2.05, 4.69) is 24.2 Å². The molecule has 30 heavy (non-hydrogen) atoms. The smallest absolute Gasteiger partial charge is 0.0754 e. The fraction of sp³-hybridized carbons (Fsp3) is 0.875. The first-order valence-corrected chi connectivity index (χ1v) is 11.5. The number of quaternary nitrogens is 1. The van der Waals surface area contributed by atoms with Crippen molar-refractivity contribution in [2.24, 2.45) is 0 Å². The molecule has 0 saturated carbocycles. The predicted octanol–water partition coefficient (Wildman–Crippen LogP) is 4.08. The number of nitrogens with one attached hydrogen (secondary N) is 2. The molecule has 0 saturated heterocycles. The molecule has 0 rings (SSSR count). The first-order valence-electron chi connectivity index (χ1n) is 5.91. The van der Waals surface area contributed by atoms with Crippen LogP contribution in [0.15, 0.2) is 0 Å². The molecule has 0 aliphatic heterocycles. The standard InChI is InChI=1S/C7H17N3.CH3.2ClH.3NO3.3H2N.2Pt/c8-4-1-2-6-10-7-3-5-9;;;;3*2-1(3)4;;;;;/h8-10H,1-7H2;1H3;2*1H;;;;3*1H2;;/q-2;-1;;;6*-1;2*+2/p-1. The normalized spacial score (nSPS) is 6.27. The number of halogens is 2. The molecule has 0 fully saturated rings. The molecule has 18 nitrogen and oxygen atoms in total. The van der Waals surface area contributed by atoms with Gasteiger partial charge in [-0.25, -0.2) is 0 Å². The van der Waals surface area contributed by atoms with Crippen molar-refractivity contribution < 1.29 is 58.1 Å². The fourth-order valence-corrected chi connectivity index (χ4v) is 0.804. The van der Waals surface area contributed by atoms with Crippen molar-refractivity contribution in [3.8, 4) is 0 Å². The van der Waals surface area contributed by atoms with Gasteiger partial charge in [0.2, 0.25) is 0 Å². The first-order chi connectivity index (χ1) is 12.1. The molecular weight excluding hydrogens is 827 g/mol. The number of nitrogens with two attached hydrogens (primary N) is 4. The maximum Gasteiger partial charge on any atom is 0.0754 e. The SMILES string of the molecule is O=[N+]([O-])[O-].O=[N+]([O-])[O-].O=[N+]([O-])[O-].[CH3-].[Cl][Pt+].[Cl][Pt+].[NH-]CCCC[NH2+]CCC[NH-].[NH2-].[NH2-].[NH2-]. The van der Waals surface area contributed by atoms with E-state index in [4.69, 9.17) is 57.4 Å². The summed E-state index contributed by atoms with van der Waals surface area (Å²) in [6, 6.07) is 0. The zero-order valence-corrected chi connectivity index (χ0v) is 21.7. The summed E-state index contributed by atoms with van der Waals surface area (Å²) < 4.78 is 0. The van der Waals surface area contributed by atoms with Gasteiger partial charge in [0, 0.05) is 0 Å². The molecule has 0 heterocycles. The van der Waals surface area contributed by atoms with Gasteiger partial charge in [-0.2, -0.15) is 6.54 Å². The van der Waals surface area contributed by atoms with Crippen LogP contribution in [-0.4, -0.2) is 41.4 Å². The summed E-state index contributed by atoms with van der Waals surface area (Å²) in [5.74, 6) is 0. The summed E-state index contributed by atoms with van der Waals surface area (Å²) in [5.41, 5.74) is 13.7. The van der Waals surface area contributed by atoms with Gasteiger partial charge in [-0.15, -0.1) is 6.54 Å². The Hall–Kier alpha value is -0.683. The third kappa shape index (κ3) is 474. The molecule has 0 radical (unpaired) electrons. The number of hydrogen-bond donors (Lipinski definition) is 1. The molecular formula is C8H27Cl2N9O9Pt2-6. The zero-order valence-electron chi connectivity index (χ0n) is 15.7. The molecule has 10 N–H and O–H groups in total. The Balaban J connectivity index is -0.0000000217. The minimum absolute atomic E-state index is 0. The number of nitrogens with zero attached hydrogens (tertiary/aromatic N) is 3. The molecule has 198 valence electrons. The van der Waals surface area contributed by atoms with Gasteiger partial charge >= 0.3 is 56.4 Å². The van der Waals surface area contributed by atoms with Gasteiger partial charge in [0.1, 0.15) is 0 Å². The van der Waals surface area contributed by atoms with Crippen LogP contribution in [0, 0.1) is 53.4 Å². The van der Waals surface area contributed by atoms with Crippen LogP contribution in [0.25, 0.3) is 29.9 Å². The summed E-state index contributed by atoms with van der Waals surface area (Å²) in [6.45, 7) is 3.33. The quantitative estimate of drug-likeness (QED) is 0.167. The van der Waals surface area contributed by atoms with E-state index in [1.807, 2.05) is 0 Å². The van der Waals surface area contributed by atoms with E-state index in [1.165, 1.54) is 0 Å². The molecule has 22 heteroatoms. The van der Waals surface area contributed by atoms with Crippen LogP contribution in [0.5, 0.6) is 0 Å². The maximum absolute atomic E-state index is 8.25. The van der Waals surface area contributed by atoms with E-state index in [0.717, 1.165) is 32.4 Å². The van der Waals surface area contributed by atoms with E-state index in [1.54, 1.807) is 37.5 Å². The minimum atomic E-state index is -1.75. The van der Waals surface area contributed by atoms with Crippen LogP contribution >= 0.6 is 18.8 Å². The Morgan fingerprint density at radius 1 is 0.633 bits per heavy atom. The van der Waals surface area contributed by atoms with Crippen LogP contribution in [0.1, 0.15) is 19.3 Å². The Kier molecular flexibility index (Phi) is 167. The zero-order chi connectivity index (χ0) is 22.4. The van der Waals surface area contributed by atoms with Crippen molar-refractivity contribution in [1.82, 2.24) is 0 Å². The average molecular weight is 854 g/mol. The third-order valence-corrected chi connectivity index (χ3v) is 1.42. The van der Waals surface area contributed by atoms with Crippen LogP contribution in [0.3, 0.4) is 0 Å². The summed E-state index contributed by atoms with van der Waals surface area (Å²) in [5, 5.41) is 46.5. The Labute approximate surface area is 205 Å². The van der Waals surface area contributed by atoms with Crippen molar-refractivity contribution in [3.05, 3.63) is 83.3 Å². The van der Waals surface area contributed by atoms with E-state index < -0.39 is 15.3 Å². The van der Waals surface area contributed by atoms with Gasteiger partial charge in [-0.3, -0.25) is 0 Å². The average Bonchev–Trinajstić information content (AvgIpc) is 2.53. The second kappa shape index (κ2) is 79.4. The molecule has 0 aliphatic carbocycles. The number of unbranched alkanes of at least 4 members (excludes halogenated alkanes) is 1. The van der Waals surface area contributed by atoms with E-state index in [0.29, 0.717) is 13.1 Å². The van der Waals surface area contributed by atoms with Crippen molar-refractivity contribution in [2.45, 2.75) is 19.3 Å². The molecule has 0 amide bonds. The van der Waals surface area contributed by atoms with Crippen molar-refractivity contribution in [3.63, 3.8) is 0 Å². The van der Waals surface area contributed by atoms with Gasteiger partial charge < -0.3 is 88.6 Å². The van der Waals surface area contributed by atoms with Gasteiger partial charge in [0.15, 0.2) is 0 Å². The van der Waals surface area contributed by atoms with Crippen molar-refractivity contribution in [2.75, 3.05) is 26.2 Å². The Morgan fingerprint density at radius 2 is 0.833 bits per heavy atom. The molecule has 0 spiro atoms. The first kappa shape index (κ1) is 63.0. The topological polar surface area (TPSA) is 363 Å². The van der Waals surface area contributed by atoms with Gasteiger partial charge in [-0.1, -0.05) is 6.42 Å². The van der Waals surface area contributed by atoms with Gasteiger partial charge in [0.25, 0.3) is 0 Å². The van der Waals surface area contributed by atoms with Crippen molar-refractivity contribution >= 4 is 18.8 Å². The third-order valence-electron chi connectivity index (χ3n) is 1.42. The monoisotopic (exact) mass is 853 g/mol. The predicted molar refractivity (Wildman–Crippen MR) is 109 cm³/mol. The van der Waals surface area contributed by atoms with E-state index >= 15 is 0 Å². The second-order valence-electron chi connectivity index (χ2n) is 3.10. The number of hydrogen-bond acceptors (Lipinski definition) is 9. The van der Waals surface area contributed by atoms with Crippen LogP contribution in [-0.2, 0) is 37.5 Å². The van der Waals surface area contributed by atoms with Gasteiger partial charge in [-0.05, 0) is 12.8 Å². The maximum atomic E-state index is 8.25. The Morgan fingerprint density at radius 3 is 1.03 bits per heavy atom. The molecule has 0 aromatic rings. The molecule has 0 bridgehead atoms. The van der Waals surface area contributed by atoms with Crippen molar-refractivity contribution in [1.29, 1.82) is 0 Å². The fourth-order valence-electron chi connectivity index (χ4n) is 0.804. The molecule has 0 aromatic heterocycles. The largest absolute Gasteiger partial charge is 0.693 e. The summed E-state index contributed by atoms with van der Waals surface area (Å²) >= 11 is 3.22. The molecule has 0 unspecified atom stereocenters. The van der Waals surface area contributed by atoms with Crippen LogP contribution < -0.4 is 5.32 Å². The van der Waals surface area contributed by atoms with Crippen LogP contribution in [0.4, 0.5) is 0 Å². The molecule has 0 atom stereocenters. The molecule has 0 aliphatic rings. The van der Waals surface area contributed by atoms with E-state index in [9.17, 15) is 0 Å². The minimum Gasteiger partial charge on any atom is -0.693 e. The van der Waals surface area contributed by atoms with E-state index in [-0.39, 0.29) is 25.9 Å².